The average molecular weight is 307 g/mol. The lowest BCUT2D eigenvalue weighted by molar-refractivity contribution is -0.154. The molecule has 4 nitrogen and oxygen atoms in total. The molecule has 2 rings (SSSR count). The van der Waals surface area contributed by atoms with E-state index in [1.54, 1.807) is 12.1 Å². The van der Waals surface area contributed by atoms with Gasteiger partial charge in [0.05, 0.1) is 7.11 Å². The molecule has 1 saturated heterocycles. The fourth-order valence-electron chi connectivity index (χ4n) is 2.68. The summed E-state index contributed by atoms with van der Waals surface area (Å²) in [6, 6.07) is 6.37. The number of piperidine rings is 1. The van der Waals surface area contributed by atoms with Gasteiger partial charge in [-0.3, -0.25) is 4.90 Å². The molecular weight excluding hydrogens is 285 g/mol. The second-order valence-electron chi connectivity index (χ2n) is 5.56. The first-order chi connectivity index (χ1) is 10.6. The van der Waals surface area contributed by atoms with Gasteiger partial charge in [0.25, 0.3) is 0 Å². The van der Waals surface area contributed by atoms with Gasteiger partial charge in [-0.05, 0) is 49.5 Å². The SMILES string of the molecule is COC(=O)C(O)C1CCN(CC=Cc2ccc(F)cc2)CC1. The van der Waals surface area contributed by atoms with Gasteiger partial charge in [-0.15, -0.1) is 0 Å². The number of hydrogen-bond acceptors (Lipinski definition) is 4. The number of likely N-dealkylation sites (tertiary alicyclic amines) is 1. The zero-order valence-corrected chi connectivity index (χ0v) is 12.7. The predicted molar refractivity (Wildman–Crippen MR) is 82.6 cm³/mol. The van der Waals surface area contributed by atoms with Crippen LogP contribution in [0.5, 0.6) is 0 Å². The standard InChI is InChI=1S/C17H22FNO3/c1-22-17(21)16(20)14-8-11-19(12-9-14)10-2-3-13-4-6-15(18)7-5-13/h2-7,14,16,20H,8-12H2,1H3. The van der Waals surface area contributed by atoms with Crippen molar-refractivity contribution in [3.8, 4) is 0 Å². The number of rotatable bonds is 5. The Hall–Kier alpha value is -1.72. The van der Waals surface area contributed by atoms with Crippen LogP contribution in [0.25, 0.3) is 6.08 Å². The topological polar surface area (TPSA) is 49.8 Å². The molecule has 1 aliphatic rings. The van der Waals surface area contributed by atoms with E-state index in [1.165, 1.54) is 19.2 Å². The number of aliphatic hydroxyl groups is 1. The van der Waals surface area contributed by atoms with Crippen LogP contribution in [0.1, 0.15) is 18.4 Å². The third-order valence-corrected chi connectivity index (χ3v) is 4.07. The molecule has 0 spiro atoms. The number of carbonyl (C=O) groups is 1. The molecule has 1 aromatic carbocycles. The molecule has 0 amide bonds. The minimum atomic E-state index is -1.01. The van der Waals surface area contributed by atoms with Crippen molar-refractivity contribution in [3.05, 3.63) is 41.7 Å². The Kier molecular flexibility index (Phi) is 6.10. The molecule has 0 bridgehead atoms. The monoisotopic (exact) mass is 307 g/mol. The number of halogens is 1. The van der Waals surface area contributed by atoms with Crippen molar-refractivity contribution in [2.24, 2.45) is 5.92 Å². The summed E-state index contributed by atoms with van der Waals surface area (Å²) in [6.45, 7) is 2.48. The van der Waals surface area contributed by atoms with Crippen LogP contribution in [0.4, 0.5) is 4.39 Å². The van der Waals surface area contributed by atoms with E-state index in [1.807, 2.05) is 12.2 Å². The molecule has 1 aliphatic heterocycles. The maximum atomic E-state index is 12.8. The van der Waals surface area contributed by atoms with Gasteiger partial charge in [-0.25, -0.2) is 9.18 Å². The number of hydrogen-bond donors (Lipinski definition) is 1. The maximum Gasteiger partial charge on any atom is 0.334 e. The Balaban J connectivity index is 1.75. The van der Waals surface area contributed by atoms with E-state index in [4.69, 9.17) is 0 Å². The van der Waals surface area contributed by atoms with Gasteiger partial charge in [0.2, 0.25) is 0 Å². The summed E-state index contributed by atoms with van der Waals surface area (Å²) in [6.07, 6.45) is 4.56. The van der Waals surface area contributed by atoms with E-state index in [0.29, 0.717) is 0 Å². The van der Waals surface area contributed by atoms with Gasteiger partial charge in [-0.2, -0.15) is 0 Å². The second-order valence-corrected chi connectivity index (χ2v) is 5.56. The highest BCUT2D eigenvalue weighted by Crippen LogP contribution is 2.21. The van der Waals surface area contributed by atoms with Crippen LogP contribution in [-0.4, -0.2) is 48.8 Å². The Morgan fingerprint density at radius 3 is 2.64 bits per heavy atom. The highest BCUT2D eigenvalue weighted by atomic mass is 19.1. The maximum absolute atomic E-state index is 12.8. The van der Waals surface area contributed by atoms with Crippen LogP contribution in [0.2, 0.25) is 0 Å². The number of benzene rings is 1. The van der Waals surface area contributed by atoms with Gasteiger partial charge >= 0.3 is 5.97 Å². The third kappa shape index (κ3) is 4.64. The van der Waals surface area contributed by atoms with Crippen LogP contribution < -0.4 is 0 Å². The van der Waals surface area contributed by atoms with Crippen LogP contribution in [0.15, 0.2) is 30.3 Å². The first kappa shape index (κ1) is 16.6. The Labute approximate surface area is 130 Å². The molecule has 120 valence electrons. The lowest BCUT2D eigenvalue weighted by Gasteiger charge is -2.32. The molecule has 0 saturated carbocycles. The largest absolute Gasteiger partial charge is 0.467 e. The van der Waals surface area contributed by atoms with Crippen molar-refractivity contribution in [2.45, 2.75) is 18.9 Å². The molecule has 1 N–H and O–H groups in total. The number of nitrogens with zero attached hydrogens (tertiary/aromatic N) is 1. The molecule has 1 fully saturated rings. The quantitative estimate of drug-likeness (QED) is 0.846. The molecule has 1 aromatic rings. The molecule has 1 atom stereocenters. The Morgan fingerprint density at radius 2 is 2.05 bits per heavy atom. The highest BCUT2D eigenvalue weighted by molar-refractivity contribution is 5.74. The minimum Gasteiger partial charge on any atom is -0.467 e. The normalized spacial score (nSPS) is 18.5. The fourth-order valence-corrected chi connectivity index (χ4v) is 2.68. The number of ether oxygens (including phenoxy) is 1. The van der Waals surface area contributed by atoms with E-state index in [2.05, 4.69) is 9.64 Å². The second kappa shape index (κ2) is 8.06. The molecule has 0 radical (unpaired) electrons. The third-order valence-electron chi connectivity index (χ3n) is 4.07. The van der Waals surface area contributed by atoms with Crippen molar-refractivity contribution in [1.29, 1.82) is 0 Å². The zero-order valence-electron chi connectivity index (χ0n) is 12.7. The first-order valence-electron chi connectivity index (χ1n) is 7.50. The Bertz CT molecular complexity index is 507. The van der Waals surface area contributed by atoms with E-state index >= 15 is 0 Å². The number of carbonyl (C=O) groups excluding carboxylic acids is 1. The number of methoxy groups -OCH3 is 1. The zero-order chi connectivity index (χ0) is 15.9. The van der Waals surface area contributed by atoms with Crippen LogP contribution >= 0.6 is 0 Å². The smallest absolute Gasteiger partial charge is 0.334 e. The fraction of sp³-hybridized carbons (Fsp3) is 0.471. The number of aliphatic hydroxyl groups excluding tert-OH is 1. The van der Waals surface area contributed by atoms with Crippen molar-refractivity contribution in [3.63, 3.8) is 0 Å². The first-order valence-corrected chi connectivity index (χ1v) is 7.50. The average Bonchev–Trinajstić information content (AvgIpc) is 2.56. The van der Waals surface area contributed by atoms with Crippen molar-refractivity contribution in [1.82, 2.24) is 4.90 Å². The van der Waals surface area contributed by atoms with Crippen molar-refractivity contribution in [2.75, 3.05) is 26.7 Å². The molecule has 1 unspecified atom stereocenters. The summed E-state index contributed by atoms with van der Waals surface area (Å²) in [4.78, 5) is 13.6. The summed E-state index contributed by atoms with van der Waals surface area (Å²) in [5, 5.41) is 9.84. The molecule has 5 heteroatoms. The van der Waals surface area contributed by atoms with E-state index in [9.17, 15) is 14.3 Å². The summed E-state index contributed by atoms with van der Waals surface area (Å²) in [5.74, 6) is -0.803. The van der Waals surface area contributed by atoms with Gasteiger partial charge < -0.3 is 9.84 Å². The summed E-state index contributed by atoms with van der Waals surface area (Å²) >= 11 is 0. The van der Waals surface area contributed by atoms with E-state index < -0.39 is 12.1 Å². The van der Waals surface area contributed by atoms with Crippen LogP contribution in [0.3, 0.4) is 0 Å². The number of esters is 1. The summed E-state index contributed by atoms with van der Waals surface area (Å²) in [5.41, 5.74) is 0.970. The summed E-state index contributed by atoms with van der Waals surface area (Å²) in [7, 11) is 1.29. The van der Waals surface area contributed by atoms with Crippen LogP contribution in [0, 0.1) is 11.7 Å². The van der Waals surface area contributed by atoms with Gasteiger partial charge in [-0.1, -0.05) is 24.3 Å². The lowest BCUT2D eigenvalue weighted by atomic mass is 9.91. The van der Waals surface area contributed by atoms with Gasteiger partial charge in [0, 0.05) is 6.54 Å². The van der Waals surface area contributed by atoms with Crippen molar-refractivity contribution < 1.29 is 19.0 Å². The molecule has 22 heavy (non-hydrogen) atoms. The van der Waals surface area contributed by atoms with Crippen molar-refractivity contribution >= 4 is 12.0 Å². The summed E-state index contributed by atoms with van der Waals surface area (Å²) < 4.78 is 17.4. The molecule has 1 heterocycles. The van der Waals surface area contributed by atoms with E-state index in [-0.39, 0.29) is 11.7 Å². The lowest BCUT2D eigenvalue weighted by Crippen LogP contribution is -2.40. The van der Waals surface area contributed by atoms with E-state index in [0.717, 1.165) is 38.0 Å². The highest BCUT2D eigenvalue weighted by Gasteiger charge is 2.29. The molecule has 0 aliphatic carbocycles. The van der Waals surface area contributed by atoms with Crippen LogP contribution in [-0.2, 0) is 9.53 Å². The predicted octanol–water partition coefficient (Wildman–Crippen LogP) is 2.08. The van der Waals surface area contributed by atoms with Gasteiger partial charge in [0.1, 0.15) is 5.82 Å². The molecule has 0 aromatic heterocycles. The minimum absolute atomic E-state index is 0.0234. The molecular formula is C17H22FNO3. The Morgan fingerprint density at radius 1 is 1.41 bits per heavy atom. The van der Waals surface area contributed by atoms with Gasteiger partial charge in [0.15, 0.2) is 6.10 Å².